The lowest BCUT2D eigenvalue weighted by atomic mass is 10.2. The van der Waals surface area contributed by atoms with Crippen molar-refractivity contribution in [1.29, 1.82) is 0 Å². The van der Waals surface area contributed by atoms with Gasteiger partial charge in [-0.1, -0.05) is 15.9 Å². The summed E-state index contributed by atoms with van der Waals surface area (Å²) in [5.74, 6) is -4.70. The number of rotatable bonds is 3. The van der Waals surface area contributed by atoms with Gasteiger partial charge in [0.2, 0.25) is 0 Å². The van der Waals surface area contributed by atoms with Crippen LogP contribution < -0.4 is 4.74 Å². The van der Waals surface area contributed by atoms with Gasteiger partial charge in [-0.3, -0.25) is 0 Å². The van der Waals surface area contributed by atoms with Crippen LogP contribution in [0.1, 0.15) is 5.56 Å². The van der Waals surface area contributed by atoms with E-state index in [1.807, 2.05) is 0 Å². The fraction of sp³-hybridized carbons (Fsp3) is 0.0769. The van der Waals surface area contributed by atoms with Crippen LogP contribution in [0.3, 0.4) is 0 Å². The molecule has 6 heteroatoms. The van der Waals surface area contributed by atoms with E-state index >= 15 is 0 Å². The van der Waals surface area contributed by atoms with Gasteiger partial charge in [0, 0.05) is 23.5 Å². The van der Waals surface area contributed by atoms with Gasteiger partial charge in [0.25, 0.3) is 0 Å². The summed E-state index contributed by atoms with van der Waals surface area (Å²) in [5.41, 5.74) is 0.382. The Hall–Kier alpha value is -1.56. The van der Waals surface area contributed by atoms with Crippen LogP contribution in [0.4, 0.5) is 17.6 Å². The highest BCUT2D eigenvalue weighted by Gasteiger charge is 2.14. The van der Waals surface area contributed by atoms with Gasteiger partial charge in [-0.25, -0.2) is 17.6 Å². The van der Waals surface area contributed by atoms with Crippen molar-refractivity contribution in [2.75, 3.05) is 0 Å². The molecule has 0 saturated heterocycles. The van der Waals surface area contributed by atoms with Gasteiger partial charge in [0.1, 0.15) is 17.4 Å². The normalized spacial score (nSPS) is 10.6. The van der Waals surface area contributed by atoms with Crippen LogP contribution in [0.25, 0.3) is 0 Å². The predicted octanol–water partition coefficient (Wildman–Crippen LogP) is 4.93. The third-order valence-corrected chi connectivity index (χ3v) is 2.92. The van der Waals surface area contributed by atoms with Gasteiger partial charge >= 0.3 is 0 Å². The Morgan fingerprint density at radius 3 is 1.84 bits per heavy atom. The topological polar surface area (TPSA) is 9.23 Å². The molecule has 0 aliphatic carbocycles. The molecule has 0 saturated carbocycles. The van der Waals surface area contributed by atoms with Crippen molar-refractivity contribution in [1.82, 2.24) is 0 Å². The van der Waals surface area contributed by atoms with Gasteiger partial charge in [-0.2, -0.15) is 0 Å². The molecule has 0 aliphatic heterocycles. The minimum atomic E-state index is -0.945. The molecule has 0 atom stereocenters. The smallest absolute Gasteiger partial charge is 0.198 e. The fourth-order valence-corrected chi connectivity index (χ4v) is 1.82. The molecular formula is C13H7BrF4O. The number of alkyl halides is 1. The molecule has 0 bridgehead atoms. The average molecular weight is 335 g/mol. The standard InChI is InChI=1S/C13H7BrF4O/c14-6-7-1-11(17)13(12(18)2-7)19-10-4-8(15)3-9(16)5-10/h1-5H,6H2. The Morgan fingerprint density at radius 1 is 0.842 bits per heavy atom. The van der Waals surface area contributed by atoms with E-state index in [2.05, 4.69) is 15.9 Å². The zero-order valence-corrected chi connectivity index (χ0v) is 11.0. The first kappa shape index (κ1) is 13.9. The van der Waals surface area contributed by atoms with E-state index in [1.54, 1.807) is 0 Å². The first-order valence-electron chi connectivity index (χ1n) is 5.17. The van der Waals surface area contributed by atoms with Crippen LogP contribution in [-0.4, -0.2) is 0 Å². The van der Waals surface area contributed by atoms with Crippen molar-refractivity contribution in [2.45, 2.75) is 5.33 Å². The Bertz CT molecular complexity index is 572. The Balaban J connectivity index is 2.38. The predicted molar refractivity (Wildman–Crippen MR) is 65.4 cm³/mol. The SMILES string of the molecule is Fc1cc(F)cc(Oc2c(F)cc(CBr)cc2F)c1. The van der Waals surface area contributed by atoms with Gasteiger partial charge < -0.3 is 4.74 Å². The highest BCUT2D eigenvalue weighted by atomic mass is 79.9. The van der Waals surface area contributed by atoms with Crippen LogP contribution in [0.2, 0.25) is 0 Å². The maximum absolute atomic E-state index is 13.6. The third kappa shape index (κ3) is 3.26. The summed E-state index contributed by atoms with van der Waals surface area (Å²) in [5, 5.41) is 0.274. The van der Waals surface area contributed by atoms with Crippen molar-refractivity contribution in [3.63, 3.8) is 0 Å². The van der Waals surface area contributed by atoms with Crippen LogP contribution in [0, 0.1) is 23.3 Å². The minimum Gasteiger partial charge on any atom is -0.451 e. The maximum atomic E-state index is 13.6. The van der Waals surface area contributed by atoms with Gasteiger partial charge in [0.15, 0.2) is 17.4 Å². The molecule has 19 heavy (non-hydrogen) atoms. The number of halogens is 5. The molecule has 100 valence electrons. The zero-order valence-electron chi connectivity index (χ0n) is 9.39. The largest absolute Gasteiger partial charge is 0.451 e. The van der Waals surface area contributed by atoms with E-state index in [1.165, 1.54) is 0 Å². The number of benzene rings is 2. The Labute approximate surface area is 114 Å². The lowest BCUT2D eigenvalue weighted by molar-refractivity contribution is 0.401. The van der Waals surface area contributed by atoms with Crippen LogP contribution in [0.15, 0.2) is 30.3 Å². The van der Waals surface area contributed by atoms with Gasteiger partial charge in [0.05, 0.1) is 0 Å². The molecule has 0 fully saturated rings. The lowest BCUT2D eigenvalue weighted by Crippen LogP contribution is -1.95. The van der Waals surface area contributed by atoms with E-state index in [4.69, 9.17) is 4.74 Å². The summed E-state index contributed by atoms with van der Waals surface area (Å²) in [6.45, 7) is 0. The fourth-order valence-electron chi connectivity index (χ4n) is 1.49. The molecule has 0 aliphatic rings. The second-order valence-corrected chi connectivity index (χ2v) is 4.29. The summed E-state index contributed by atoms with van der Waals surface area (Å²) >= 11 is 3.06. The third-order valence-electron chi connectivity index (χ3n) is 2.27. The molecular weight excluding hydrogens is 328 g/mol. The van der Waals surface area contributed by atoms with Crippen LogP contribution >= 0.6 is 15.9 Å². The van der Waals surface area contributed by atoms with Crippen molar-refractivity contribution < 1.29 is 22.3 Å². The monoisotopic (exact) mass is 334 g/mol. The summed E-state index contributed by atoms with van der Waals surface area (Å²) in [7, 11) is 0. The lowest BCUT2D eigenvalue weighted by Gasteiger charge is -2.09. The number of hydrogen-bond donors (Lipinski definition) is 0. The molecule has 0 radical (unpaired) electrons. The second kappa shape index (κ2) is 5.61. The Kier molecular flexibility index (Phi) is 4.09. The summed E-state index contributed by atoms with van der Waals surface area (Å²) in [4.78, 5) is 0. The minimum absolute atomic E-state index is 0.274. The van der Waals surface area contributed by atoms with Crippen molar-refractivity contribution in [3.8, 4) is 11.5 Å². The average Bonchev–Trinajstić information content (AvgIpc) is 2.32. The molecule has 0 aromatic heterocycles. The van der Waals surface area contributed by atoms with E-state index < -0.39 is 29.0 Å². The molecule has 0 spiro atoms. The molecule has 2 aromatic rings. The van der Waals surface area contributed by atoms with Crippen LogP contribution in [-0.2, 0) is 5.33 Å². The van der Waals surface area contributed by atoms with Gasteiger partial charge in [-0.05, 0) is 17.7 Å². The molecule has 1 nitrogen and oxygen atoms in total. The Morgan fingerprint density at radius 2 is 1.37 bits per heavy atom. The highest BCUT2D eigenvalue weighted by molar-refractivity contribution is 9.08. The first-order chi connectivity index (χ1) is 8.99. The quantitative estimate of drug-likeness (QED) is 0.571. The van der Waals surface area contributed by atoms with E-state index in [-0.39, 0.29) is 11.1 Å². The maximum Gasteiger partial charge on any atom is 0.198 e. The molecule has 2 aromatic carbocycles. The summed E-state index contributed by atoms with van der Waals surface area (Å²) < 4.78 is 58.0. The van der Waals surface area contributed by atoms with E-state index in [0.29, 0.717) is 11.6 Å². The van der Waals surface area contributed by atoms with Crippen molar-refractivity contribution in [2.24, 2.45) is 0 Å². The van der Waals surface area contributed by atoms with E-state index in [0.717, 1.165) is 24.3 Å². The molecule has 0 heterocycles. The number of ether oxygens (including phenoxy) is 1. The van der Waals surface area contributed by atoms with Crippen molar-refractivity contribution in [3.05, 3.63) is 59.2 Å². The number of hydrogen-bond acceptors (Lipinski definition) is 1. The highest BCUT2D eigenvalue weighted by Crippen LogP contribution is 2.30. The van der Waals surface area contributed by atoms with Crippen LogP contribution in [0.5, 0.6) is 11.5 Å². The van der Waals surface area contributed by atoms with Gasteiger partial charge in [-0.15, -0.1) is 0 Å². The zero-order chi connectivity index (χ0) is 14.0. The molecule has 0 N–H and O–H groups in total. The molecule has 2 rings (SSSR count). The summed E-state index contributed by atoms with van der Waals surface area (Å²) in [6.07, 6.45) is 0. The molecule has 0 amide bonds. The van der Waals surface area contributed by atoms with Crippen molar-refractivity contribution >= 4 is 15.9 Å². The van der Waals surface area contributed by atoms with E-state index in [9.17, 15) is 17.6 Å². The summed E-state index contributed by atoms with van der Waals surface area (Å²) in [6, 6.07) is 4.44. The molecule has 0 unspecified atom stereocenters. The first-order valence-corrected chi connectivity index (χ1v) is 6.29. The second-order valence-electron chi connectivity index (χ2n) is 3.73.